The molecule has 0 fully saturated rings. The molecule has 0 N–H and O–H groups in total. The molecule has 0 aliphatic rings. The summed E-state index contributed by atoms with van der Waals surface area (Å²) in [5.41, 5.74) is 0.932. The Hall–Kier alpha value is -0.920. The van der Waals surface area contributed by atoms with E-state index in [-0.39, 0.29) is 5.82 Å². The summed E-state index contributed by atoms with van der Waals surface area (Å²) in [5, 5.41) is 0. The maximum atomic E-state index is 12.3. The molecule has 1 rings (SSSR count). The highest BCUT2D eigenvalue weighted by atomic mass is 19.1. The van der Waals surface area contributed by atoms with Crippen molar-refractivity contribution in [1.82, 2.24) is 4.98 Å². The molecule has 0 aromatic carbocycles. The molecule has 12 heavy (non-hydrogen) atoms. The molecule has 0 spiro atoms. The van der Waals surface area contributed by atoms with E-state index in [4.69, 9.17) is 0 Å². The van der Waals surface area contributed by atoms with Crippen LogP contribution in [-0.4, -0.2) is 4.98 Å². The number of hydrogen-bond donors (Lipinski definition) is 0. The van der Waals surface area contributed by atoms with Crippen LogP contribution in [0.4, 0.5) is 4.39 Å². The van der Waals surface area contributed by atoms with Crippen LogP contribution in [0.1, 0.15) is 39.3 Å². The van der Waals surface area contributed by atoms with Gasteiger partial charge in [0.15, 0.2) is 0 Å². The van der Waals surface area contributed by atoms with Crippen molar-refractivity contribution < 1.29 is 4.39 Å². The van der Waals surface area contributed by atoms with Gasteiger partial charge in [0.1, 0.15) is 5.82 Å². The first-order valence-electron chi connectivity index (χ1n) is 4.31. The van der Waals surface area contributed by atoms with Crippen LogP contribution in [0.15, 0.2) is 18.3 Å². The standard InChI is InChI=1S/C8H10FN.C2H6/c1-6(2)8-4-3-7(9)5-10-8;1-2/h3-6H,1-2H3;1-2H3. The number of pyridine rings is 1. The van der Waals surface area contributed by atoms with Crippen LogP contribution in [0.25, 0.3) is 0 Å². The van der Waals surface area contributed by atoms with E-state index in [0.717, 1.165) is 5.69 Å². The predicted molar refractivity (Wildman–Crippen MR) is 49.6 cm³/mol. The molecule has 2 heteroatoms. The Labute approximate surface area is 73.6 Å². The van der Waals surface area contributed by atoms with Crippen molar-refractivity contribution in [2.24, 2.45) is 0 Å². The molecule has 1 heterocycles. The average Bonchev–Trinajstić information content (AvgIpc) is 2.09. The number of rotatable bonds is 1. The Bertz CT molecular complexity index is 204. The van der Waals surface area contributed by atoms with Crippen molar-refractivity contribution in [2.75, 3.05) is 0 Å². The van der Waals surface area contributed by atoms with E-state index in [2.05, 4.69) is 4.98 Å². The average molecular weight is 169 g/mol. The quantitative estimate of drug-likeness (QED) is 0.628. The van der Waals surface area contributed by atoms with Gasteiger partial charge in [-0.25, -0.2) is 4.39 Å². The predicted octanol–water partition coefficient (Wildman–Crippen LogP) is 3.37. The molecule has 0 bridgehead atoms. The van der Waals surface area contributed by atoms with E-state index < -0.39 is 0 Å². The minimum atomic E-state index is -0.274. The van der Waals surface area contributed by atoms with Gasteiger partial charge in [-0.1, -0.05) is 27.7 Å². The summed E-state index contributed by atoms with van der Waals surface area (Å²) < 4.78 is 12.3. The molecule has 1 aromatic rings. The number of halogens is 1. The summed E-state index contributed by atoms with van der Waals surface area (Å²) in [5.74, 6) is 0.102. The van der Waals surface area contributed by atoms with Crippen LogP contribution in [0.2, 0.25) is 0 Å². The monoisotopic (exact) mass is 169 g/mol. The normalized spacial score (nSPS) is 9.17. The van der Waals surface area contributed by atoms with Gasteiger partial charge in [0.25, 0.3) is 0 Å². The Kier molecular flexibility index (Phi) is 5.26. The molecule has 0 atom stereocenters. The lowest BCUT2D eigenvalue weighted by Gasteiger charge is -2.01. The van der Waals surface area contributed by atoms with E-state index in [9.17, 15) is 4.39 Å². The second-order valence-corrected chi connectivity index (χ2v) is 2.56. The lowest BCUT2D eigenvalue weighted by molar-refractivity contribution is 0.617. The Morgan fingerprint density at radius 1 is 1.25 bits per heavy atom. The maximum absolute atomic E-state index is 12.3. The topological polar surface area (TPSA) is 12.9 Å². The van der Waals surface area contributed by atoms with E-state index in [1.54, 1.807) is 6.07 Å². The fourth-order valence-electron chi connectivity index (χ4n) is 0.729. The van der Waals surface area contributed by atoms with Gasteiger partial charge >= 0.3 is 0 Å². The molecular formula is C10H16FN. The fraction of sp³-hybridized carbons (Fsp3) is 0.500. The van der Waals surface area contributed by atoms with Crippen LogP contribution >= 0.6 is 0 Å². The second kappa shape index (κ2) is 5.70. The van der Waals surface area contributed by atoms with E-state index in [1.807, 2.05) is 27.7 Å². The van der Waals surface area contributed by atoms with Gasteiger partial charge in [0.05, 0.1) is 6.20 Å². The number of nitrogens with zero attached hydrogens (tertiary/aromatic N) is 1. The Morgan fingerprint density at radius 2 is 1.83 bits per heavy atom. The van der Waals surface area contributed by atoms with Crippen molar-refractivity contribution in [3.8, 4) is 0 Å². The van der Waals surface area contributed by atoms with Crippen LogP contribution in [0.5, 0.6) is 0 Å². The van der Waals surface area contributed by atoms with E-state index in [0.29, 0.717) is 5.92 Å². The highest BCUT2D eigenvalue weighted by Gasteiger charge is 1.98. The van der Waals surface area contributed by atoms with Gasteiger partial charge in [-0.3, -0.25) is 4.98 Å². The third-order valence-electron chi connectivity index (χ3n) is 1.34. The van der Waals surface area contributed by atoms with Gasteiger partial charge in [0, 0.05) is 5.69 Å². The zero-order valence-corrected chi connectivity index (χ0v) is 8.13. The van der Waals surface area contributed by atoms with Crippen molar-refractivity contribution >= 4 is 0 Å². The maximum Gasteiger partial charge on any atom is 0.141 e. The van der Waals surface area contributed by atoms with Crippen LogP contribution in [0, 0.1) is 5.82 Å². The second-order valence-electron chi connectivity index (χ2n) is 2.56. The lowest BCUT2D eigenvalue weighted by atomic mass is 10.1. The molecule has 1 aromatic heterocycles. The summed E-state index contributed by atoms with van der Waals surface area (Å²) in [6, 6.07) is 3.14. The highest BCUT2D eigenvalue weighted by molar-refractivity contribution is 5.08. The Morgan fingerprint density at radius 3 is 2.17 bits per heavy atom. The van der Waals surface area contributed by atoms with Crippen LogP contribution in [0.3, 0.4) is 0 Å². The molecule has 0 radical (unpaired) electrons. The highest BCUT2D eigenvalue weighted by Crippen LogP contribution is 2.09. The summed E-state index contributed by atoms with van der Waals surface area (Å²) in [6.07, 6.45) is 1.25. The van der Waals surface area contributed by atoms with Crippen LogP contribution < -0.4 is 0 Å². The summed E-state index contributed by atoms with van der Waals surface area (Å²) in [7, 11) is 0. The van der Waals surface area contributed by atoms with Gasteiger partial charge in [-0.15, -0.1) is 0 Å². The van der Waals surface area contributed by atoms with Gasteiger partial charge in [0.2, 0.25) is 0 Å². The van der Waals surface area contributed by atoms with E-state index in [1.165, 1.54) is 12.3 Å². The molecule has 0 saturated carbocycles. The third kappa shape index (κ3) is 3.46. The lowest BCUT2D eigenvalue weighted by Crippen LogP contribution is -1.91. The summed E-state index contributed by atoms with van der Waals surface area (Å²) in [4.78, 5) is 3.90. The first kappa shape index (κ1) is 11.1. The van der Waals surface area contributed by atoms with Crippen molar-refractivity contribution in [3.63, 3.8) is 0 Å². The fourth-order valence-corrected chi connectivity index (χ4v) is 0.729. The molecule has 0 aliphatic carbocycles. The van der Waals surface area contributed by atoms with Crippen molar-refractivity contribution in [2.45, 2.75) is 33.6 Å². The SMILES string of the molecule is CC.CC(C)c1ccc(F)cn1. The van der Waals surface area contributed by atoms with Gasteiger partial charge < -0.3 is 0 Å². The number of hydrogen-bond acceptors (Lipinski definition) is 1. The van der Waals surface area contributed by atoms with Crippen molar-refractivity contribution in [1.29, 1.82) is 0 Å². The molecule has 0 saturated heterocycles. The first-order chi connectivity index (χ1) is 5.70. The first-order valence-corrected chi connectivity index (χ1v) is 4.31. The van der Waals surface area contributed by atoms with Gasteiger partial charge in [-0.2, -0.15) is 0 Å². The van der Waals surface area contributed by atoms with E-state index >= 15 is 0 Å². The smallest absolute Gasteiger partial charge is 0.141 e. The molecular weight excluding hydrogens is 153 g/mol. The zero-order chi connectivity index (χ0) is 9.56. The molecule has 0 aliphatic heterocycles. The molecule has 0 unspecified atom stereocenters. The van der Waals surface area contributed by atoms with Gasteiger partial charge in [-0.05, 0) is 18.1 Å². The van der Waals surface area contributed by atoms with Crippen molar-refractivity contribution in [3.05, 3.63) is 29.8 Å². The zero-order valence-electron chi connectivity index (χ0n) is 8.13. The molecule has 0 amide bonds. The number of aromatic nitrogens is 1. The Balaban J connectivity index is 0.000000561. The minimum Gasteiger partial charge on any atom is -0.258 e. The van der Waals surface area contributed by atoms with Crippen LogP contribution in [-0.2, 0) is 0 Å². The largest absolute Gasteiger partial charge is 0.258 e. The molecule has 68 valence electrons. The molecule has 1 nitrogen and oxygen atoms in total. The summed E-state index contributed by atoms with van der Waals surface area (Å²) in [6.45, 7) is 8.06. The minimum absolute atomic E-state index is 0.274. The third-order valence-corrected chi connectivity index (χ3v) is 1.34. The summed E-state index contributed by atoms with van der Waals surface area (Å²) >= 11 is 0.